The van der Waals surface area contributed by atoms with Crippen molar-refractivity contribution in [2.75, 3.05) is 19.7 Å². The van der Waals surface area contributed by atoms with E-state index >= 15 is 0 Å². The third-order valence-electron chi connectivity index (χ3n) is 4.36. The van der Waals surface area contributed by atoms with Gasteiger partial charge in [0.05, 0.1) is 24.3 Å². The largest absolute Gasteiger partial charge is 0.465 e. The van der Waals surface area contributed by atoms with Gasteiger partial charge in [-0.25, -0.2) is 4.79 Å². The topological polar surface area (TPSA) is 106 Å². The first-order valence-corrected chi connectivity index (χ1v) is 9.62. The Kier molecular flexibility index (Phi) is 7.10. The van der Waals surface area contributed by atoms with E-state index in [4.69, 9.17) is 9.47 Å². The van der Waals surface area contributed by atoms with E-state index in [1.807, 2.05) is 18.2 Å². The van der Waals surface area contributed by atoms with Crippen molar-refractivity contribution in [1.29, 1.82) is 0 Å². The van der Waals surface area contributed by atoms with Gasteiger partial charge in [0.2, 0.25) is 0 Å². The molecule has 0 spiro atoms. The molecule has 3 amide bonds. The van der Waals surface area contributed by atoms with Crippen molar-refractivity contribution in [3.05, 3.63) is 71.3 Å². The van der Waals surface area contributed by atoms with E-state index in [1.165, 1.54) is 6.21 Å². The minimum atomic E-state index is -0.759. The Hall–Kier alpha value is -4.01. The molecule has 1 heterocycles. The van der Waals surface area contributed by atoms with Gasteiger partial charge in [-0.3, -0.25) is 19.3 Å². The van der Waals surface area contributed by atoms with Gasteiger partial charge in [-0.05, 0) is 24.6 Å². The molecule has 0 unspecified atom stereocenters. The standard InChI is InChI=1S/C22H21N3O6/c1-2-30-19(26)14-24(22(29)31-15-16-8-4-3-5-9-16)13-12-23-25-20(27)17-10-6-7-11-18(17)21(25)28/h3-12H,2,13-15H2,1H3/b23-12+. The minimum absolute atomic E-state index is 0.0224. The first kappa shape index (κ1) is 21.7. The summed E-state index contributed by atoms with van der Waals surface area (Å²) in [7, 11) is 0. The van der Waals surface area contributed by atoms with Crippen molar-refractivity contribution in [3.63, 3.8) is 0 Å². The molecule has 0 aliphatic carbocycles. The molecular weight excluding hydrogens is 402 g/mol. The molecule has 9 nitrogen and oxygen atoms in total. The number of rotatable bonds is 8. The molecule has 0 fully saturated rings. The fourth-order valence-electron chi connectivity index (χ4n) is 2.87. The van der Waals surface area contributed by atoms with E-state index in [0.29, 0.717) is 0 Å². The molecule has 9 heteroatoms. The van der Waals surface area contributed by atoms with E-state index in [1.54, 1.807) is 43.3 Å². The quantitative estimate of drug-likeness (QED) is 0.367. The van der Waals surface area contributed by atoms with Gasteiger partial charge in [0.25, 0.3) is 11.8 Å². The smallest absolute Gasteiger partial charge is 0.410 e. The van der Waals surface area contributed by atoms with Gasteiger partial charge in [-0.2, -0.15) is 10.1 Å². The molecule has 0 bridgehead atoms. The summed E-state index contributed by atoms with van der Waals surface area (Å²) in [6, 6.07) is 15.5. The molecule has 0 aromatic heterocycles. The number of fused-ring (bicyclic) bond motifs is 1. The highest BCUT2D eigenvalue weighted by atomic mass is 16.6. The van der Waals surface area contributed by atoms with Crippen molar-refractivity contribution in [2.45, 2.75) is 13.5 Å². The number of ether oxygens (including phenoxy) is 2. The van der Waals surface area contributed by atoms with Crippen LogP contribution in [0.3, 0.4) is 0 Å². The third-order valence-corrected chi connectivity index (χ3v) is 4.36. The van der Waals surface area contributed by atoms with E-state index < -0.39 is 23.9 Å². The number of hydrazone groups is 1. The van der Waals surface area contributed by atoms with E-state index in [2.05, 4.69) is 5.10 Å². The number of amides is 3. The minimum Gasteiger partial charge on any atom is -0.465 e. The van der Waals surface area contributed by atoms with Crippen LogP contribution in [0, 0.1) is 0 Å². The first-order chi connectivity index (χ1) is 15.0. The molecule has 1 aliphatic rings. The van der Waals surface area contributed by atoms with Crippen molar-refractivity contribution in [1.82, 2.24) is 9.91 Å². The molecule has 3 rings (SSSR count). The molecule has 31 heavy (non-hydrogen) atoms. The molecule has 0 saturated heterocycles. The first-order valence-electron chi connectivity index (χ1n) is 9.62. The highest BCUT2D eigenvalue weighted by Gasteiger charge is 2.35. The number of benzene rings is 2. The van der Waals surface area contributed by atoms with Crippen molar-refractivity contribution in [2.24, 2.45) is 5.10 Å². The molecule has 2 aromatic rings. The Labute approximate surface area is 178 Å². The van der Waals surface area contributed by atoms with E-state index in [0.717, 1.165) is 15.5 Å². The second kappa shape index (κ2) is 10.1. The summed E-state index contributed by atoms with van der Waals surface area (Å²) >= 11 is 0. The second-order valence-electron chi connectivity index (χ2n) is 6.49. The number of esters is 1. The maximum absolute atomic E-state index is 12.5. The molecular formula is C22H21N3O6. The summed E-state index contributed by atoms with van der Waals surface area (Å²) in [6.07, 6.45) is 0.440. The summed E-state index contributed by atoms with van der Waals surface area (Å²) < 4.78 is 10.1. The molecule has 0 saturated carbocycles. The maximum atomic E-state index is 12.5. The summed E-state index contributed by atoms with van der Waals surface area (Å²) in [5.41, 5.74) is 1.30. The zero-order valence-electron chi connectivity index (χ0n) is 16.9. The summed E-state index contributed by atoms with van der Waals surface area (Å²) in [5.74, 6) is -1.73. The lowest BCUT2D eigenvalue weighted by molar-refractivity contribution is -0.143. The van der Waals surface area contributed by atoms with Crippen molar-refractivity contribution >= 4 is 30.1 Å². The summed E-state index contributed by atoms with van der Waals surface area (Å²) in [5, 5.41) is 4.63. The fraction of sp³-hybridized carbons (Fsp3) is 0.227. The number of nitrogens with zero attached hydrogens (tertiary/aromatic N) is 3. The van der Waals surface area contributed by atoms with Crippen LogP contribution >= 0.6 is 0 Å². The van der Waals surface area contributed by atoms with Crippen LogP contribution in [-0.4, -0.2) is 59.7 Å². The lowest BCUT2D eigenvalue weighted by Crippen LogP contribution is -2.38. The lowest BCUT2D eigenvalue weighted by atomic mass is 10.1. The number of hydrogen-bond donors (Lipinski definition) is 0. The molecule has 0 N–H and O–H groups in total. The second-order valence-corrected chi connectivity index (χ2v) is 6.49. The van der Waals surface area contributed by atoms with Crippen molar-refractivity contribution in [3.8, 4) is 0 Å². The van der Waals surface area contributed by atoms with Gasteiger partial charge < -0.3 is 9.47 Å². The predicted octanol–water partition coefficient (Wildman–Crippen LogP) is 2.47. The summed E-state index contributed by atoms with van der Waals surface area (Å²) in [4.78, 5) is 50.1. The van der Waals surface area contributed by atoms with Crippen molar-refractivity contribution < 1.29 is 28.7 Å². The molecule has 2 aromatic carbocycles. The van der Waals surface area contributed by atoms with Gasteiger partial charge in [0.1, 0.15) is 13.2 Å². The molecule has 1 aliphatic heterocycles. The van der Waals surface area contributed by atoms with Crippen LogP contribution in [0.15, 0.2) is 59.7 Å². The van der Waals surface area contributed by atoms with Crippen LogP contribution in [-0.2, 0) is 20.9 Å². The Balaban J connectivity index is 1.65. The predicted molar refractivity (Wildman–Crippen MR) is 110 cm³/mol. The summed E-state index contributed by atoms with van der Waals surface area (Å²) in [6.45, 7) is 1.30. The van der Waals surface area contributed by atoms with E-state index in [-0.39, 0.29) is 37.4 Å². The van der Waals surface area contributed by atoms with Gasteiger partial charge in [0.15, 0.2) is 0 Å². The van der Waals surface area contributed by atoms with Crippen LogP contribution < -0.4 is 0 Å². The monoisotopic (exact) mass is 423 g/mol. The van der Waals surface area contributed by atoms with E-state index in [9.17, 15) is 19.2 Å². The number of hydrogen-bond acceptors (Lipinski definition) is 7. The highest BCUT2D eigenvalue weighted by Crippen LogP contribution is 2.22. The van der Waals surface area contributed by atoms with Gasteiger partial charge in [0, 0.05) is 6.21 Å². The van der Waals surface area contributed by atoms with Gasteiger partial charge >= 0.3 is 12.1 Å². The Morgan fingerprint density at radius 1 is 0.968 bits per heavy atom. The molecule has 0 atom stereocenters. The average Bonchev–Trinajstić information content (AvgIpc) is 3.02. The average molecular weight is 423 g/mol. The fourth-order valence-corrected chi connectivity index (χ4v) is 2.87. The Morgan fingerprint density at radius 2 is 1.58 bits per heavy atom. The van der Waals surface area contributed by atoms with Crippen LogP contribution in [0.4, 0.5) is 4.79 Å². The van der Waals surface area contributed by atoms with Gasteiger partial charge in [-0.15, -0.1) is 0 Å². The number of carbonyl (C=O) groups is 4. The van der Waals surface area contributed by atoms with Crippen LogP contribution in [0.1, 0.15) is 33.2 Å². The van der Waals surface area contributed by atoms with Crippen LogP contribution in [0.5, 0.6) is 0 Å². The number of imide groups is 1. The zero-order chi connectivity index (χ0) is 22.2. The lowest BCUT2D eigenvalue weighted by Gasteiger charge is -2.19. The zero-order valence-corrected chi connectivity index (χ0v) is 16.9. The number of carbonyl (C=O) groups excluding carboxylic acids is 4. The molecule has 0 radical (unpaired) electrons. The van der Waals surface area contributed by atoms with Gasteiger partial charge in [-0.1, -0.05) is 42.5 Å². The van der Waals surface area contributed by atoms with Crippen LogP contribution in [0.25, 0.3) is 0 Å². The highest BCUT2D eigenvalue weighted by molar-refractivity contribution is 6.21. The maximum Gasteiger partial charge on any atom is 0.410 e. The third kappa shape index (κ3) is 5.33. The normalized spacial score (nSPS) is 12.7. The SMILES string of the molecule is CCOC(=O)CN(C/C=N/N1C(=O)c2ccccc2C1=O)C(=O)OCc1ccccc1. The Morgan fingerprint density at radius 3 is 2.19 bits per heavy atom. The van der Waals surface area contributed by atoms with Crippen LogP contribution in [0.2, 0.25) is 0 Å². The molecule has 160 valence electrons. The Bertz CT molecular complexity index is 970.